The van der Waals surface area contributed by atoms with Crippen molar-refractivity contribution < 1.29 is 0 Å². The van der Waals surface area contributed by atoms with Gasteiger partial charge in [0.15, 0.2) is 0 Å². The number of nitrogens with zero attached hydrogens (tertiary/aromatic N) is 1. The van der Waals surface area contributed by atoms with Crippen molar-refractivity contribution in [2.24, 2.45) is 0 Å². The molecule has 1 saturated heterocycles. The maximum atomic E-state index is 5.84. The van der Waals surface area contributed by atoms with Crippen molar-refractivity contribution in [3.63, 3.8) is 0 Å². The Balaban J connectivity index is 1.90. The quantitative estimate of drug-likeness (QED) is 0.852. The van der Waals surface area contributed by atoms with Crippen LogP contribution in [0.1, 0.15) is 6.42 Å². The Hall–Kier alpha value is -1.26. The van der Waals surface area contributed by atoms with Crippen LogP contribution in [0.4, 0.5) is 5.82 Å². The van der Waals surface area contributed by atoms with Gasteiger partial charge in [0.25, 0.3) is 0 Å². The van der Waals surface area contributed by atoms with Crippen LogP contribution in [0.5, 0.6) is 0 Å². The third kappa shape index (κ3) is 2.23. The number of aromatic nitrogens is 1. The van der Waals surface area contributed by atoms with Gasteiger partial charge in [-0.15, -0.1) is 11.8 Å². The molecule has 4 heteroatoms. The minimum atomic E-state index is 0.613. The molecule has 0 radical (unpaired) electrons. The van der Waals surface area contributed by atoms with Crippen molar-refractivity contribution in [3.8, 4) is 0 Å². The summed E-state index contributed by atoms with van der Waals surface area (Å²) in [6.45, 7) is 2.25. The molecule has 0 amide bonds. The number of rotatable bonds is 2. The van der Waals surface area contributed by atoms with E-state index in [4.69, 9.17) is 5.73 Å². The van der Waals surface area contributed by atoms with Crippen LogP contribution < -0.4 is 11.1 Å². The molecule has 2 aromatic rings. The Labute approximate surface area is 105 Å². The number of thioether (sulfide) groups is 1. The Morgan fingerprint density at radius 3 is 3.12 bits per heavy atom. The second-order valence-corrected chi connectivity index (χ2v) is 5.69. The molecule has 0 aliphatic carbocycles. The normalized spacial score (nSPS) is 19.9. The lowest BCUT2D eigenvalue weighted by atomic mass is 10.2. The molecule has 17 heavy (non-hydrogen) atoms. The van der Waals surface area contributed by atoms with Crippen molar-refractivity contribution in [1.82, 2.24) is 10.3 Å². The Kier molecular flexibility index (Phi) is 2.91. The number of hydrogen-bond donors (Lipinski definition) is 2. The minimum absolute atomic E-state index is 0.613. The lowest BCUT2D eigenvalue weighted by molar-refractivity contribution is 0.858. The maximum Gasteiger partial charge on any atom is 0.131 e. The summed E-state index contributed by atoms with van der Waals surface area (Å²) in [6, 6.07) is 8.44. The van der Waals surface area contributed by atoms with Gasteiger partial charge in [0, 0.05) is 28.3 Å². The molecule has 1 aromatic carbocycles. The van der Waals surface area contributed by atoms with Crippen LogP contribution in [0, 0.1) is 0 Å². The molecule has 1 unspecified atom stereocenters. The first-order valence-electron chi connectivity index (χ1n) is 5.84. The minimum Gasteiger partial charge on any atom is -0.383 e. The van der Waals surface area contributed by atoms with Crippen LogP contribution in [0.3, 0.4) is 0 Å². The Bertz CT molecular complexity index is 535. The van der Waals surface area contributed by atoms with Crippen molar-refractivity contribution >= 4 is 28.4 Å². The van der Waals surface area contributed by atoms with Crippen molar-refractivity contribution in [1.29, 1.82) is 0 Å². The zero-order valence-electron chi connectivity index (χ0n) is 9.52. The van der Waals surface area contributed by atoms with E-state index in [2.05, 4.69) is 28.5 Å². The summed E-state index contributed by atoms with van der Waals surface area (Å²) in [4.78, 5) is 5.42. The molecule has 1 aromatic heterocycles. The van der Waals surface area contributed by atoms with Crippen molar-refractivity contribution in [3.05, 3.63) is 30.5 Å². The van der Waals surface area contributed by atoms with Crippen LogP contribution in [0.25, 0.3) is 10.8 Å². The van der Waals surface area contributed by atoms with Gasteiger partial charge in [-0.1, -0.05) is 0 Å². The van der Waals surface area contributed by atoms with E-state index < -0.39 is 0 Å². The van der Waals surface area contributed by atoms with Gasteiger partial charge < -0.3 is 11.1 Å². The summed E-state index contributed by atoms with van der Waals surface area (Å²) < 4.78 is 0. The molecule has 0 saturated carbocycles. The summed E-state index contributed by atoms with van der Waals surface area (Å²) in [7, 11) is 0. The summed E-state index contributed by atoms with van der Waals surface area (Å²) in [5.41, 5.74) is 5.84. The van der Waals surface area contributed by atoms with E-state index in [-0.39, 0.29) is 0 Å². The second-order valence-electron chi connectivity index (χ2n) is 4.31. The average molecular weight is 245 g/mol. The van der Waals surface area contributed by atoms with E-state index in [9.17, 15) is 0 Å². The van der Waals surface area contributed by atoms with Gasteiger partial charge in [-0.2, -0.15) is 0 Å². The van der Waals surface area contributed by atoms with Gasteiger partial charge >= 0.3 is 0 Å². The zero-order valence-corrected chi connectivity index (χ0v) is 10.3. The molecule has 2 heterocycles. The fraction of sp³-hybridized carbons (Fsp3) is 0.308. The third-order valence-corrected chi connectivity index (χ3v) is 4.35. The number of hydrogen-bond acceptors (Lipinski definition) is 4. The summed E-state index contributed by atoms with van der Waals surface area (Å²) in [5, 5.41) is 6.31. The molecule has 3 nitrogen and oxygen atoms in total. The number of fused-ring (bicyclic) bond motifs is 1. The first-order valence-corrected chi connectivity index (χ1v) is 6.72. The van der Waals surface area contributed by atoms with Crippen molar-refractivity contribution in [2.75, 3.05) is 18.8 Å². The molecule has 1 aliphatic heterocycles. The highest BCUT2D eigenvalue weighted by Gasteiger charge is 2.15. The second kappa shape index (κ2) is 4.55. The highest BCUT2D eigenvalue weighted by Crippen LogP contribution is 2.30. The number of nitrogens with one attached hydrogen (secondary N) is 1. The molecular formula is C13H15N3S. The van der Waals surface area contributed by atoms with E-state index in [1.54, 1.807) is 6.20 Å². The smallest absolute Gasteiger partial charge is 0.131 e. The molecule has 1 aliphatic rings. The Morgan fingerprint density at radius 1 is 1.35 bits per heavy atom. The predicted molar refractivity (Wildman–Crippen MR) is 73.3 cm³/mol. The fourth-order valence-corrected chi connectivity index (χ4v) is 3.34. The average Bonchev–Trinajstić information content (AvgIpc) is 2.82. The van der Waals surface area contributed by atoms with Gasteiger partial charge in [0.05, 0.1) is 0 Å². The number of pyridine rings is 1. The standard InChI is InChI=1S/C13H15N3S/c14-13-12-2-1-10(7-9(12)3-6-16-13)17-11-4-5-15-8-11/h1-3,6-7,11,15H,4-5,8H2,(H2,14,16). The monoisotopic (exact) mass is 245 g/mol. The summed E-state index contributed by atoms with van der Waals surface area (Å²) in [6.07, 6.45) is 3.02. The molecule has 3 N–H and O–H groups in total. The summed E-state index contributed by atoms with van der Waals surface area (Å²) >= 11 is 1.95. The van der Waals surface area contributed by atoms with Gasteiger partial charge in [-0.05, 0) is 42.6 Å². The van der Waals surface area contributed by atoms with Crippen LogP contribution in [0.2, 0.25) is 0 Å². The number of nitrogen functional groups attached to an aromatic ring is 1. The van der Waals surface area contributed by atoms with Crippen LogP contribution in [-0.2, 0) is 0 Å². The van der Waals surface area contributed by atoms with E-state index in [1.165, 1.54) is 16.7 Å². The molecule has 0 bridgehead atoms. The molecule has 3 rings (SSSR count). The lowest BCUT2D eigenvalue weighted by Crippen LogP contribution is -2.09. The molecule has 0 spiro atoms. The number of anilines is 1. The predicted octanol–water partition coefficient (Wildman–Crippen LogP) is 2.27. The van der Waals surface area contributed by atoms with E-state index in [1.807, 2.05) is 17.8 Å². The SMILES string of the molecule is Nc1nccc2cc(SC3CCNC3)ccc12. The molecule has 88 valence electrons. The van der Waals surface area contributed by atoms with Gasteiger partial charge in [-0.25, -0.2) is 4.98 Å². The first-order chi connectivity index (χ1) is 8.33. The van der Waals surface area contributed by atoms with E-state index >= 15 is 0 Å². The molecule has 1 fully saturated rings. The molecular weight excluding hydrogens is 230 g/mol. The van der Waals surface area contributed by atoms with Crippen LogP contribution >= 0.6 is 11.8 Å². The number of benzene rings is 1. The largest absolute Gasteiger partial charge is 0.383 e. The van der Waals surface area contributed by atoms with Gasteiger partial charge in [0.2, 0.25) is 0 Å². The Morgan fingerprint density at radius 2 is 2.29 bits per heavy atom. The topological polar surface area (TPSA) is 50.9 Å². The maximum absolute atomic E-state index is 5.84. The molecule has 1 atom stereocenters. The van der Waals surface area contributed by atoms with E-state index in [0.717, 1.165) is 18.5 Å². The van der Waals surface area contributed by atoms with Crippen LogP contribution in [-0.4, -0.2) is 23.3 Å². The third-order valence-electron chi connectivity index (χ3n) is 3.08. The van der Waals surface area contributed by atoms with Gasteiger partial charge in [-0.3, -0.25) is 0 Å². The van der Waals surface area contributed by atoms with Crippen molar-refractivity contribution in [2.45, 2.75) is 16.6 Å². The fourth-order valence-electron chi connectivity index (χ4n) is 2.17. The van der Waals surface area contributed by atoms with Gasteiger partial charge in [0.1, 0.15) is 5.82 Å². The summed E-state index contributed by atoms with van der Waals surface area (Å²) in [5.74, 6) is 0.613. The lowest BCUT2D eigenvalue weighted by Gasteiger charge is -2.09. The van der Waals surface area contributed by atoms with Crippen LogP contribution in [0.15, 0.2) is 35.4 Å². The first kappa shape index (κ1) is 10.9. The zero-order chi connectivity index (χ0) is 11.7. The highest BCUT2D eigenvalue weighted by molar-refractivity contribution is 8.00. The number of nitrogens with two attached hydrogens (primary N) is 1. The highest BCUT2D eigenvalue weighted by atomic mass is 32.2. The van der Waals surface area contributed by atoms with E-state index in [0.29, 0.717) is 11.1 Å².